The van der Waals surface area contributed by atoms with Crippen LogP contribution in [0.4, 0.5) is 0 Å². The molecule has 0 N–H and O–H groups in total. The first kappa shape index (κ1) is 17.7. The molecule has 3 aliphatic rings. The van der Waals surface area contributed by atoms with Crippen molar-refractivity contribution in [3.8, 4) is 0 Å². The van der Waals surface area contributed by atoms with Crippen LogP contribution in [0.25, 0.3) is 0 Å². The summed E-state index contributed by atoms with van der Waals surface area (Å²) in [6.45, 7) is 1.12. The van der Waals surface area contributed by atoms with Crippen molar-refractivity contribution >= 4 is 20.6 Å². The minimum Gasteiger partial charge on any atom is -0.303 e. The van der Waals surface area contributed by atoms with Gasteiger partial charge in [0.2, 0.25) is 0 Å². The quantitative estimate of drug-likeness (QED) is 0.808. The van der Waals surface area contributed by atoms with Gasteiger partial charge in [-0.1, -0.05) is 12.1 Å². The molecule has 4 rings (SSSR count). The molecule has 0 aliphatic carbocycles. The van der Waals surface area contributed by atoms with Crippen molar-refractivity contribution in [1.29, 1.82) is 0 Å². The van der Waals surface area contributed by atoms with E-state index in [1.54, 1.807) is 0 Å². The third kappa shape index (κ3) is 3.45. The molecule has 6 heteroatoms. The molecule has 3 heterocycles. The maximum absolute atomic E-state index is 12.6. The summed E-state index contributed by atoms with van der Waals surface area (Å²) in [7, 11) is -1.65. The third-order valence-corrected chi connectivity index (χ3v) is 9.58. The van der Waals surface area contributed by atoms with Crippen LogP contribution in [0.2, 0.25) is 0 Å². The summed E-state index contributed by atoms with van der Waals surface area (Å²) in [5, 5.41) is 0. The van der Waals surface area contributed by atoms with Crippen molar-refractivity contribution < 1.29 is 12.6 Å². The molecule has 0 aromatic heterocycles. The van der Waals surface area contributed by atoms with Crippen molar-refractivity contribution in [3.05, 3.63) is 29.3 Å². The van der Waals surface area contributed by atoms with Gasteiger partial charge in [0, 0.05) is 34.3 Å². The zero-order chi connectivity index (χ0) is 17.6. The van der Waals surface area contributed by atoms with Crippen molar-refractivity contribution in [2.24, 2.45) is 0 Å². The molecule has 1 aromatic rings. The monoisotopic (exact) mass is 381 g/mol. The Morgan fingerprint density at radius 1 is 1.20 bits per heavy atom. The Kier molecular flexibility index (Phi) is 4.80. The lowest BCUT2D eigenvalue weighted by atomic mass is 9.87. The fourth-order valence-electron chi connectivity index (χ4n) is 4.80. The number of sulfone groups is 1. The van der Waals surface area contributed by atoms with Crippen LogP contribution < -0.4 is 0 Å². The second-order valence-electron chi connectivity index (χ2n) is 7.91. The van der Waals surface area contributed by atoms with E-state index in [0.717, 1.165) is 42.9 Å². The van der Waals surface area contributed by atoms with E-state index < -0.39 is 20.6 Å². The molecule has 25 heavy (non-hydrogen) atoms. The molecule has 3 aliphatic heterocycles. The summed E-state index contributed by atoms with van der Waals surface area (Å²) in [5.41, 5.74) is 2.29. The van der Waals surface area contributed by atoms with Crippen LogP contribution in [0.3, 0.4) is 0 Å². The van der Waals surface area contributed by atoms with Gasteiger partial charge in [0.15, 0.2) is 9.84 Å². The van der Waals surface area contributed by atoms with Crippen LogP contribution in [-0.2, 0) is 20.6 Å². The number of fused-ring (bicyclic) bond motifs is 1. The molecule has 2 saturated heterocycles. The molecule has 4 nitrogen and oxygen atoms in total. The zero-order valence-corrected chi connectivity index (χ0v) is 16.4. The van der Waals surface area contributed by atoms with Crippen molar-refractivity contribution in [2.75, 3.05) is 30.9 Å². The average molecular weight is 382 g/mol. The van der Waals surface area contributed by atoms with Gasteiger partial charge in [-0.05, 0) is 68.8 Å². The van der Waals surface area contributed by atoms with E-state index in [1.165, 1.54) is 18.4 Å². The van der Waals surface area contributed by atoms with Gasteiger partial charge in [-0.2, -0.15) is 0 Å². The fraction of sp³-hybridized carbons (Fsp3) is 0.684. The van der Waals surface area contributed by atoms with E-state index in [2.05, 4.69) is 18.0 Å². The predicted octanol–water partition coefficient (Wildman–Crippen LogP) is 2.67. The maximum Gasteiger partial charge on any atom is 0.179 e. The summed E-state index contributed by atoms with van der Waals surface area (Å²) in [6.07, 6.45) is 5.24. The SMILES string of the molecule is CN1CCC[C@@H]1CC1CS(=O)(=O)c2ccc(C3CCS(=O)CC3)cc21. The maximum atomic E-state index is 12.6. The molecule has 2 fully saturated rings. The van der Waals surface area contributed by atoms with Crippen LogP contribution in [0.1, 0.15) is 55.1 Å². The first-order valence-electron chi connectivity index (χ1n) is 9.36. The summed E-state index contributed by atoms with van der Waals surface area (Å²) in [5.74, 6) is 2.38. The van der Waals surface area contributed by atoms with Crippen LogP contribution in [0.5, 0.6) is 0 Å². The predicted molar refractivity (Wildman–Crippen MR) is 101 cm³/mol. The first-order valence-corrected chi connectivity index (χ1v) is 12.5. The Bertz CT molecular complexity index is 780. The normalized spacial score (nSPS) is 34.9. The minimum atomic E-state index is -3.14. The van der Waals surface area contributed by atoms with Gasteiger partial charge in [-0.15, -0.1) is 0 Å². The van der Waals surface area contributed by atoms with Crippen molar-refractivity contribution in [3.63, 3.8) is 0 Å². The van der Waals surface area contributed by atoms with E-state index in [-0.39, 0.29) is 11.7 Å². The Labute approximate surface area is 153 Å². The molecule has 1 aromatic carbocycles. The van der Waals surface area contributed by atoms with E-state index in [9.17, 15) is 12.6 Å². The van der Waals surface area contributed by atoms with Crippen LogP contribution in [-0.4, -0.2) is 54.4 Å². The topological polar surface area (TPSA) is 54.5 Å². The highest BCUT2D eigenvalue weighted by atomic mass is 32.2. The molecule has 1 unspecified atom stereocenters. The van der Waals surface area contributed by atoms with Crippen LogP contribution in [0.15, 0.2) is 23.1 Å². The molecule has 138 valence electrons. The number of nitrogens with zero attached hydrogens (tertiary/aromatic N) is 1. The van der Waals surface area contributed by atoms with E-state index in [1.807, 2.05) is 12.1 Å². The molecule has 0 bridgehead atoms. The standard InChI is InChI=1S/C19H27NO3S2/c1-20-8-2-3-17(20)11-16-13-25(22,23)19-5-4-15(12-18(16)19)14-6-9-24(21)10-7-14/h4-5,12,14,16-17H,2-3,6-11,13H2,1H3/t14?,16?,17-,24?/m1/s1. The van der Waals surface area contributed by atoms with Crippen LogP contribution >= 0.6 is 0 Å². The Morgan fingerprint density at radius 3 is 2.64 bits per heavy atom. The summed E-state index contributed by atoms with van der Waals surface area (Å²) in [4.78, 5) is 2.94. The second-order valence-corrected chi connectivity index (χ2v) is 11.6. The summed E-state index contributed by atoms with van der Waals surface area (Å²) in [6, 6.07) is 6.51. The lowest BCUT2D eigenvalue weighted by Gasteiger charge is -2.24. The van der Waals surface area contributed by atoms with Gasteiger partial charge in [0.25, 0.3) is 0 Å². The second kappa shape index (κ2) is 6.78. The lowest BCUT2D eigenvalue weighted by Crippen LogP contribution is -2.27. The van der Waals surface area contributed by atoms with E-state index in [4.69, 9.17) is 0 Å². The molecule has 0 amide bonds. The average Bonchev–Trinajstić information content (AvgIpc) is 3.09. The minimum absolute atomic E-state index is 0.128. The smallest absolute Gasteiger partial charge is 0.179 e. The summed E-state index contributed by atoms with van der Waals surface area (Å²) < 4.78 is 36.8. The molecule has 0 spiro atoms. The third-order valence-electron chi connectivity index (χ3n) is 6.32. The van der Waals surface area contributed by atoms with Gasteiger partial charge in [-0.25, -0.2) is 8.42 Å². The largest absolute Gasteiger partial charge is 0.303 e. The van der Waals surface area contributed by atoms with Crippen molar-refractivity contribution in [1.82, 2.24) is 4.90 Å². The van der Waals surface area contributed by atoms with Gasteiger partial charge in [0.1, 0.15) is 0 Å². The molecular formula is C19H27NO3S2. The first-order chi connectivity index (χ1) is 11.9. The number of hydrogen-bond acceptors (Lipinski definition) is 4. The highest BCUT2D eigenvalue weighted by Crippen LogP contribution is 2.41. The number of rotatable bonds is 3. The molecule has 2 atom stereocenters. The zero-order valence-electron chi connectivity index (χ0n) is 14.8. The number of hydrogen-bond donors (Lipinski definition) is 0. The van der Waals surface area contributed by atoms with Gasteiger partial charge in [0.05, 0.1) is 10.6 Å². The molecule has 0 radical (unpaired) electrons. The van der Waals surface area contributed by atoms with Crippen molar-refractivity contribution in [2.45, 2.75) is 54.9 Å². The van der Waals surface area contributed by atoms with Gasteiger partial charge in [-0.3, -0.25) is 4.21 Å². The van der Waals surface area contributed by atoms with Gasteiger partial charge < -0.3 is 4.90 Å². The lowest BCUT2D eigenvalue weighted by molar-refractivity contribution is 0.286. The Hall–Kier alpha value is -0.720. The highest BCUT2D eigenvalue weighted by Gasteiger charge is 2.37. The molecule has 0 saturated carbocycles. The highest BCUT2D eigenvalue weighted by molar-refractivity contribution is 7.91. The number of likely N-dealkylation sites (tertiary alicyclic amines) is 1. The van der Waals surface area contributed by atoms with E-state index >= 15 is 0 Å². The number of benzene rings is 1. The fourth-order valence-corrected chi connectivity index (χ4v) is 7.98. The Balaban J connectivity index is 1.61. The van der Waals surface area contributed by atoms with E-state index in [0.29, 0.717) is 16.9 Å². The van der Waals surface area contributed by atoms with Crippen LogP contribution in [0, 0.1) is 0 Å². The Morgan fingerprint density at radius 2 is 1.96 bits per heavy atom. The van der Waals surface area contributed by atoms with Gasteiger partial charge >= 0.3 is 0 Å². The summed E-state index contributed by atoms with van der Waals surface area (Å²) >= 11 is 0. The molecular weight excluding hydrogens is 354 g/mol.